The van der Waals surface area contributed by atoms with Crippen LogP contribution in [-0.4, -0.2) is 5.60 Å². The molecule has 2 nitrogen and oxygen atoms in total. The van der Waals surface area contributed by atoms with Crippen molar-refractivity contribution in [1.82, 2.24) is 5.32 Å². The second-order valence-electron chi connectivity index (χ2n) is 6.56. The zero-order valence-corrected chi connectivity index (χ0v) is 13.8. The maximum Gasteiger partial charge on any atom is 0.127 e. The van der Waals surface area contributed by atoms with Gasteiger partial charge in [0, 0.05) is 18.7 Å². The molecule has 0 radical (unpaired) electrons. The summed E-state index contributed by atoms with van der Waals surface area (Å²) in [6, 6.07) is 11.5. The molecule has 1 N–H and O–H groups in total. The lowest BCUT2D eigenvalue weighted by molar-refractivity contribution is -0.0149. The van der Waals surface area contributed by atoms with E-state index in [4.69, 9.17) is 4.74 Å². The maximum absolute atomic E-state index is 13.5. The molecule has 124 valence electrons. The molecule has 0 saturated heterocycles. The van der Waals surface area contributed by atoms with Crippen molar-refractivity contribution < 1.29 is 13.5 Å². The van der Waals surface area contributed by atoms with Crippen LogP contribution >= 0.6 is 0 Å². The summed E-state index contributed by atoms with van der Waals surface area (Å²) in [5.41, 5.74) is 2.33. The molecular weight excluding hydrogens is 296 g/mol. The second-order valence-corrected chi connectivity index (χ2v) is 6.56. The highest BCUT2D eigenvalue weighted by molar-refractivity contribution is 5.23. The lowest BCUT2D eigenvalue weighted by Gasteiger charge is -2.19. The molecule has 0 aliphatic heterocycles. The van der Waals surface area contributed by atoms with Gasteiger partial charge in [0.2, 0.25) is 0 Å². The van der Waals surface area contributed by atoms with Crippen LogP contribution in [0.2, 0.25) is 0 Å². The largest absolute Gasteiger partial charge is 0.371 e. The molecule has 0 aromatic heterocycles. The number of hydrogen-bond acceptors (Lipinski definition) is 2. The van der Waals surface area contributed by atoms with E-state index in [0.717, 1.165) is 23.3 Å². The van der Waals surface area contributed by atoms with E-state index in [1.54, 1.807) is 0 Å². The van der Waals surface area contributed by atoms with E-state index in [-0.39, 0.29) is 12.1 Å². The number of halogens is 2. The molecule has 0 aliphatic carbocycles. The molecule has 0 atom stereocenters. The molecule has 0 heterocycles. The summed E-state index contributed by atoms with van der Waals surface area (Å²) < 4.78 is 32.4. The predicted octanol–water partition coefficient (Wildman–Crippen LogP) is 4.57. The first-order valence-corrected chi connectivity index (χ1v) is 7.70. The first kappa shape index (κ1) is 17.6. The minimum Gasteiger partial charge on any atom is -0.371 e. The third-order valence-electron chi connectivity index (χ3n) is 3.32. The molecule has 4 heteroatoms. The summed E-state index contributed by atoms with van der Waals surface area (Å²) >= 11 is 0. The van der Waals surface area contributed by atoms with E-state index in [2.05, 4.69) is 11.4 Å². The van der Waals surface area contributed by atoms with E-state index >= 15 is 0 Å². The first-order valence-electron chi connectivity index (χ1n) is 7.70. The Balaban J connectivity index is 1.89. The van der Waals surface area contributed by atoms with Gasteiger partial charge in [-0.05, 0) is 50.1 Å². The number of hydrogen-bond donors (Lipinski definition) is 1. The monoisotopic (exact) mass is 319 g/mol. The van der Waals surface area contributed by atoms with Crippen molar-refractivity contribution in [2.45, 2.75) is 46.1 Å². The molecule has 2 aromatic carbocycles. The van der Waals surface area contributed by atoms with Gasteiger partial charge < -0.3 is 10.1 Å². The summed E-state index contributed by atoms with van der Waals surface area (Å²) in [7, 11) is 0. The van der Waals surface area contributed by atoms with Crippen molar-refractivity contribution in [2.75, 3.05) is 0 Å². The van der Waals surface area contributed by atoms with E-state index in [1.165, 1.54) is 6.07 Å². The van der Waals surface area contributed by atoms with Crippen LogP contribution in [0.5, 0.6) is 0 Å². The molecule has 0 unspecified atom stereocenters. The summed E-state index contributed by atoms with van der Waals surface area (Å²) in [5, 5.41) is 3.14. The van der Waals surface area contributed by atoms with E-state index in [1.807, 2.05) is 39.0 Å². The molecule has 0 aliphatic rings. The summed E-state index contributed by atoms with van der Waals surface area (Å²) in [6.07, 6.45) is 0. The van der Waals surface area contributed by atoms with Crippen molar-refractivity contribution in [3.8, 4) is 0 Å². The zero-order chi connectivity index (χ0) is 16.9. The summed E-state index contributed by atoms with van der Waals surface area (Å²) in [5.74, 6) is -0.823. The Labute approximate surface area is 136 Å². The Kier molecular flexibility index (Phi) is 5.85. The normalized spacial score (nSPS) is 11.7. The molecule has 0 amide bonds. The molecule has 0 saturated carbocycles. The minimum absolute atomic E-state index is 0.177. The van der Waals surface area contributed by atoms with E-state index < -0.39 is 11.6 Å². The van der Waals surface area contributed by atoms with Crippen LogP contribution in [0.15, 0.2) is 42.5 Å². The number of nitrogens with one attached hydrogen (secondary N) is 1. The highest BCUT2D eigenvalue weighted by atomic mass is 19.1. The van der Waals surface area contributed by atoms with E-state index in [0.29, 0.717) is 18.7 Å². The average molecular weight is 319 g/mol. The molecular formula is C19H23F2NO. The molecule has 0 fully saturated rings. The Morgan fingerprint density at radius 3 is 2.43 bits per heavy atom. The van der Waals surface area contributed by atoms with E-state index in [9.17, 15) is 8.78 Å². The Morgan fingerprint density at radius 1 is 0.957 bits per heavy atom. The zero-order valence-electron chi connectivity index (χ0n) is 13.8. The predicted molar refractivity (Wildman–Crippen MR) is 87.9 cm³/mol. The Hall–Kier alpha value is -1.78. The molecule has 0 spiro atoms. The van der Waals surface area contributed by atoms with Gasteiger partial charge in [-0.3, -0.25) is 0 Å². The number of ether oxygens (including phenoxy) is 1. The quantitative estimate of drug-likeness (QED) is 0.842. The second kappa shape index (κ2) is 7.66. The molecule has 23 heavy (non-hydrogen) atoms. The van der Waals surface area contributed by atoms with Crippen LogP contribution in [-0.2, 0) is 24.4 Å². The van der Waals surface area contributed by atoms with Gasteiger partial charge in [0.05, 0.1) is 12.2 Å². The van der Waals surface area contributed by atoms with Crippen LogP contribution in [0.1, 0.15) is 37.5 Å². The Bertz CT molecular complexity index is 650. The molecule has 0 bridgehead atoms. The third kappa shape index (κ3) is 6.08. The summed E-state index contributed by atoms with van der Waals surface area (Å²) in [6.45, 7) is 7.48. The van der Waals surface area contributed by atoms with Gasteiger partial charge in [0.25, 0.3) is 0 Å². The van der Waals surface area contributed by atoms with Crippen LogP contribution < -0.4 is 5.32 Å². The summed E-state index contributed by atoms with van der Waals surface area (Å²) in [4.78, 5) is 0. The lowest BCUT2D eigenvalue weighted by Crippen LogP contribution is -2.19. The highest BCUT2D eigenvalue weighted by Gasteiger charge is 2.10. The van der Waals surface area contributed by atoms with Crippen molar-refractivity contribution >= 4 is 0 Å². The van der Waals surface area contributed by atoms with Gasteiger partial charge in [-0.2, -0.15) is 0 Å². The first-order chi connectivity index (χ1) is 10.8. The standard InChI is InChI=1S/C19H23F2NO/c1-19(2,3)23-13-15-6-4-5-14(9-15)11-22-12-16-10-17(20)7-8-18(16)21/h4-10,22H,11-13H2,1-3H3. The maximum atomic E-state index is 13.5. The van der Waals surface area contributed by atoms with Crippen LogP contribution in [0.4, 0.5) is 8.78 Å². The minimum atomic E-state index is -0.426. The smallest absolute Gasteiger partial charge is 0.127 e. The van der Waals surface area contributed by atoms with Crippen LogP contribution in [0.25, 0.3) is 0 Å². The fourth-order valence-corrected chi connectivity index (χ4v) is 2.15. The van der Waals surface area contributed by atoms with Crippen LogP contribution in [0, 0.1) is 11.6 Å². The topological polar surface area (TPSA) is 21.3 Å². The Morgan fingerprint density at radius 2 is 1.70 bits per heavy atom. The van der Waals surface area contributed by atoms with Crippen molar-refractivity contribution in [1.29, 1.82) is 0 Å². The molecule has 2 aromatic rings. The SMILES string of the molecule is CC(C)(C)OCc1cccc(CNCc2cc(F)ccc2F)c1. The fourth-order valence-electron chi connectivity index (χ4n) is 2.15. The van der Waals surface area contributed by atoms with Gasteiger partial charge in [0.15, 0.2) is 0 Å². The third-order valence-corrected chi connectivity index (χ3v) is 3.32. The number of rotatable bonds is 6. The lowest BCUT2D eigenvalue weighted by atomic mass is 10.1. The average Bonchev–Trinajstić information content (AvgIpc) is 2.48. The number of benzene rings is 2. The van der Waals surface area contributed by atoms with Gasteiger partial charge in [0.1, 0.15) is 11.6 Å². The van der Waals surface area contributed by atoms with Gasteiger partial charge >= 0.3 is 0 Å². The van der Waals surface area contributed by atoms with Crippen molar-refractivity contribution in [3.05, 3.63) is 70.8 Å². The van der Waals surface area contributed by atoms with Crippen molar-refractivity contribution in [3.63, 3.8) is 0 Å². The fraction of sp³-hybridized carbons (Fsp3) is 0.368. The van der Waals surface area contributed by atoms with Gasteiger partial charge in [-0.25, -0.2) is 8.78 Å². The highest BCUT2D eigenvalue weighted by Crippen LogP contribution is 2.14. The van der Waals surface area contributed by atoms with Gasteiger partial charge in [-0.15, -0.1) is 0 Å². The van der Waals surface area contributed by atoms with Gasteiger partial charge in [-0.1, -0.05) is 24.3 Å². The van der Waals surface area contributed by atoms with Crippen molar-refractivity contribution in [2.24, 2.45) is 0 Å². The molecule has 2 rings (SSSR count). The van der Waals surface area contributed by atoms with Crippen LogP contribution in [0.3, 0.4) is 0 Å².